The molecule has 0 saturated carbocycles. The van der Waals surface area contributed by atoms with Gasteiger partial charge in [0.05, 0.1) is 6.20 Å². The third kappa shape index (κ3) is 3.91. The summed E-state index contributed by atoms with van der Waals surface area (Å²) in [5.74, 6) is 0.252. The summed E-state index contributed by atoms with van der Waals surface area (Å²) in [6.07, 6.45) is 1.03. The van der Waals surface area contributed by atoms with Crippen LogP contribution in [0.15, 0.2) is 59.3 Å². The van der Waals surface area contributed by atoms with Gasteiger partial charge >= 0.3 is 0 Å². The predicted molar refractivity (Wildman–Crippen MR) is 110 cm³/mol. The summed E-state index contributed by atoms with van der Waals surface area (Å²) < 4.78 is 24.8. The van der Waals surface area contributed by atoms with E-state index in [9.17, 15) is 4.39 Å². The zero-order chi connectivity index (χ0) is 21.3. The lowest BCUT2D eigenvalue weighted by Crippen LogP contribution is -2.18. The summed E-state index contributed by atoms with van der Waals surface area (Å²) in [6, 6.07) is 16.0. The molecular formula is C23H21FN4O2. The van der Waals surface area contributed by atoms with Crippen LogP contribution in [-0.2, 0) is 5.41 Å². The van der Waals surface area contributed by atoms with Crippen molar-refractivity contribution in [1.82, 2.24) is 20.1 Å². The molecule has 4 rings (SSSR count). The SMILES string of the molecule is Cc1ccc(C(C)(C)c2ccc(Oc3nc(-c4noc(C)n4)ncc3F)cc2)cc1. The van der Waals surface area contributed by atoms with Gasteiger partial charge in [0, 0.05) is 12.3 Å². The van der Waals surface area contributed by atoms with Crippen molar-refractivity contribution in [3.05, 3.63) is 83.1 Å². The minimum Gasteiger partial charge on any atom is -0.436 e. The summed E-state index contributed by atoms with van der Waals surface area (Å²) in [4.78, 5) is 12.0. The van der Waals surface area contributed by atoms with Gasteiger partial charge in [0.25, 0.3) is 5.88 Å². The minimum absolute atomic E-state index is 0.125. The Morgan fingerprint density at radius 1 is 0.867 bits per heavy atom. The van der Waals surface area contributed by atoms with Gasteiger partial charge in [-0.3, -0.25) is 0 Å². The van der Waals surface area contributed by atoms with Crippen molar-refractivity contribution in [2.75, 3.05) is 0 Å². The maximum atomic E-state index is 14.2. The Kier molecular flexibility index (Phi) is 5.03. The average molecular weight is 404 g/mol. The fourth-order valence-electron chi connectivity index (χ4n) is 3.11. The van der Waals surface area contributed by atoms with E-state index in [-0.39, 0.29) is 22.9 Å². The third-order valence-corrected chi connectivity index (χ3v) is 5.00. The number of benzene rings is 2. The van der Waals surface area contributed by atoms with Crippen LogP contribution < -0.4 is 4.74 Å². The Morgan fingerprint density at radius 3 is 2.10 bits per heavy atom. The second-order valence-corrected chi connectivity index (χ2v) is 7.60. The number of nitrogens with zero attached hydrogens (tertiary/aromatic N) is 4. The van der Waals surface area contributed by atoms with Crippen molar-refractivity contribution in [3.63, 3.8) is 0 Å². The second kappa shape index (κ2) is 7.67. The van der Waals surface area contributed by atoms with Gasteiger partial charge in [-0.2, -0.15) is 14.4 Å². The summed E-state index contributed by atoms with van der Waals surface area (Å²) in [7, 11) is 0. The molecular weight excluding hydrogens is 383 g/mol. The molecule has 0 aliphatic carbocycles. The Balaban J connectivity index is 1.57. The zero-order valence-electron chi connectivity index (χ0n) is 17.2. The summed E-state index contributed by atoms with van der Waals surface area (Å²) >= 11 is 0. The highest BCUT2D eigenvalue weighted by atomic mass is 19.1. The van der Waals surface area contributed by atoms with E-state index in [4.69, 9.17) is 9.26 Å². The van der Waals surface area contributed by atoms with Crippen LogP contribution in [0.5, 0.6) is 11.6 Å². The standard InChI is InChI=1S/C23H21FN4O2/c1-14-5-7-16(8-6-14)23(3,4)17-9-11-18(12-10-17)29-22-19(24)13-25-20(27-22)21-26-15(2)30-28-21/h5-13H,1-4H3. The van der Waals surface area contributed by atoms with Crippen LogP contribution in [0.3, 0.4) is 0 Å². The highest BCUT2D eigenvalue weighted by Gasteiger charge is 2.23. The Hall–Kier alpha value is -3.61. The van der Waals surface area contributed by atoms with E-state index in [0.717, 1.165) is 11.8 Å². The van der Waals surface area contributed by atoms with E-state index in [1.807, 2.05) is 12.1 Å². The first kappa shape index (κ1) is 19.7. The van der Waals surface area contributed by atoms with E-state index in [1.54, 1.807) is 19.1 Å². The lowest BCUT2D eigenvalue weighted by atomic mass is 9.78. The van der Waals surface area contributed by atoms with Gasteiger partial charge in [-0.1, -0.05) is 61.0 Å². The van der Waals surface area contributed by atoms with Crippen LogP contribution in [0.25, 0.3) is 11.6 Å². The number of aryl methyl sites for hydroxylation is 2. The molecule has 0 aliphatic rings. The highest BCUT2D eigenvalue weighted by Crippen LogP contribution is 2.33. The molecule has 0 N–H and O–H groups in total. The van der Waals surface area contributed by atoms with E-state index in [2.05, 4.69) is 65.1 Å². The molecule has 152 valence electrons. The van der Waals surface area contributed by atoms with Crippen molar-refractivity contribution in [2.45, 2.75) is 33.1 Å². The van der Waals surface area contributed by atoms with Gasteiger partial charge in [-0.15, -0.1) is 0 Å². The van der Waals surface area contributed by atoms with Gasteiger partial charge in [-0.05, 0) is 30.2 Å². The third-order valence-electron chi connectivity index (χ3n) is 5.00. The van der Waals surface area contributed by atoms with Crippen LogP contribution in [0.2, 0.25) is 0 Å². The van der Waals surface area contributed by atoms with Crippen LogP contribution in [-0.4, -0.2) is 20.1 Å². The largest absolute Gasteiger partial charge is 0.436 e. The van der Waals surface area contributed by atoms with E-state index in [0.29, 0.717) is 11.6 Å². The van der Waals surface area contributed by atoms with Crippen LogP contribution in [0.4, 0.5) is 4.39 Å². The number of hydrogen-bond acceptors (Lipinski definition) is 6. The van der Waals surface area contributed by atoms with E-state index < -0.39 is 5.82 Å². The van der Waals surface area contributed by atoms with Gasteiger partial charge in [-0.25, -0.2) is 4.98 Å². The van der Waals surface area contributed by atoms with E-state index >= 15 is 0 Å². The number of aromatic nitrogens is 4. The lowest BCUT2D eigenvalue weighted by molar-refractivity contribution is 0.393. The zero-order valence-corrected chi connectivity index (χ0v) is 17.2. The Labute approximate surface area is 173 Å². The van der Waals surface area contributed by atoms with Gasteiger partial charge in [0.1, 0.15) is 5.75 Å². The first-order chi connectivity index (χ1) is 14.3. The van der Waals surface area contributed by atoms with Crippen molar-refractivity contribution in [1.29, 1.82) is 0 Å². The first-order valence-corrected chi connectivity index (χ1v) is 9.52. The normalized spacial score (nSPS) is 11.5. The fourth-order valence-corrected chi connectivity index (χ4v) is 3.11. The van der Waals surface area contributed by atoms with Crippen LogP contribution in [0, 0.1) is 19.7 Å². The molecule has 2 heterocycles. The number of halogens is 1. The van der Waals surface area contributed by atoms with E-state index in [1.165, 1.54) is 11.1 Å². The molecule has 30 heavy (non-hydrogen) atoms. The van der Waals surface area contributed by atoms with Gasteiger partial charge in [0.2, 0.25) is 23.4 Å². The Morgan fingerprint density at radius 2 is 1.50 bits per heavy atom. The van der Waals surface area contributed by atoms with Crippen LogP contribution in [0.1, 0.15) is 36.4 Å². The maximum Gasteiger partial charge on any atom is 0.259 e. The fraction of sp³-hybridized carbons (Fsp3) is 0.217. The van der Waals surface area contributed by atoms with Gasteiger partial charge in [0.15, 0.2) is 0 Å². The molecule has 0 spiro atoms. The number of hydrogen-bond donors (Lipinski definition) is 0. The quantitative estimate of drug-likeness (QED) is 0.443. The molecule has 0 atom stereocenters. The molecule has 0 unspecified atom stereocenters. The molecule has 2 aromatic carbocycles. The maximum absolute atomic E-state index is 14.2. The van der Waals surface area contributed by atoms with Gasteiger partial charge < -0.3 is 9.26 Å². The minimum atomic E-state index is -0.678. The molecule has 0 radical (unpaired) electrons. The molecule has 4 aromatic rings. The molecule has 7 heteroatoms. The molecule has 0 aliphatic heterocycles. The molecule has 0 saturated heterocycles. The average Bonchev–Trinajstić information content (AvgIpc) is 3.17. The topological polar surface area (TPSA) is 73.9 Å². The molecule has 2 aromatic heterocycles. The first-order valence-electron chi connectivity index (χ1n) is 9.52. The Bertz CT molecular complexity index is 1170. The summed E-state index contributed by atoms with van der Waals surface area (Å²) in [6.45, 7) is 8.05. The van der Waals surface area contributed by atoms with Crippen LogP contribution >= 0.6 is 0 Å². The second-order valence-electron chi connectivity index (χ2n) is 7.60. The number of ether oxygens (including phenoxy) is 1. The lowest BCUT2D eigenvalue weighted by Gasteiger charge is -2.26. The number of rotatable bonds is 5. The molecule has 6 nitrogen and oxygen atoms in total. The predicted octanol–water partition coefficient (Wildman–Crippen LogP) is 5.40. The molecule has 0 fully saturated rings. The van der Waals surface area contributed by atoms with Crippen molar-refractivity contribution >= 4 is 0 Å². The molecule has 0 bridgehead atoms. The van der Waals surface area contributed by atoms with Crippen molar-refractivity contribution in [3.8, 4) is 23.3 Å². The molecule has 0 amide bonds. The highest BCUT2D eigenvalue weighted by molar-refractivity contribution is 5.44. The summed E-state index contributed by atoms with van der Waals surface area (Å²) in [5, 5.41) is 3.75. The van der Waals surface area contributed by atoms with Crippen molar-refractivity contribution in [2.24, 2.45) is 0 Å². The smallest absolute Gasteiger partial charge is 0.259 e. The van der Waals surface area contributed by atoms with Crippen molar-refractivity contribution < 1.29 is 13.7 Å². The summed E-state index contributed by atoms with van der Waals surface area (Å²) in [5.41, 5.74) is 3.37. The monoisotopic (exact) mass is 404 g/mol.